The van der Waals surface area contributed by atoms with Gasteiger partial charge in [0.05, 0.1) is 18.2 Å². The van der Waals surface area contributed by atoms with Crippen molar-refractivity contribution in [2.24, 2.45) is 5.11 Å². The van der Waals surface area contributed by atoms with Crippen LogP contribution in [-0.4, -0.2) is 6.54 Å². The van der Waals surface area contributed by atoms with E-state index in [0.717, 1.165) is 11.1 Å². The summed E-state index contributed by atoms with van der Waals surface area (Å²) < 4.78 is 0. The van der Waals surface area contributed by atoms with Crippen LogP contribution in [0.15, 0.2) is 23.3 Å². The summed E-state index contributed by atoms with van der Waals surface area (Å²) in [5.41, 5.74) is 10.4. The minimum Gasteiger partial charge on any atom is -0.192 e. The summed E-state index contributed by atoms with van der Waals surface area (Å²) in [5, 5.41) is 12.0. The van der Waals surface area contributed by atoms with Crippen molar-refractivity contribution in [2.45, 2.75) is 6.92 Å². The van der Waals surface area contributed by atoms with Crippen LogP contribution < -0.4 is 0 Å². The Balaban J connectivity index is 2.88. The highest BCUT2D eigenvalue weighted by atomic mass is 15.1. The molecule has 4 nitrogen and oxygen atoms in total. The summed E-state index contributed by atoms with van der Waals surface area (Å²) in [7, 11) is 0. The van der Waals surface area contributed by atoms with Gasteiger partial charge in [-0.25, -0.2) is 0 Å². The third kappa shape index (κ3) is 3.08. The molecule has 0 saturated carbocycles. The number of nitrogens with zero attached hydrogens (tertiary/aromatic N) is 4. The lowest BCUT2D eigenvalue weighted by molar-refractivity contribution is 1.25. The SMILES string of the molecule is Cc1cc(C#CCN=[N+]=[N-])ccc1C#N. The van der Waals surface area contributed by atoms with Crippen molar-refractivity contribution in [2.75, 3.05) is 6.54 Å². The van der Waals surface area contributed by atoms with Gasteiger partial charge in [0, 0.05) is 10.5 Å². The number of benzene rings is 1. The van der Waals surface area contributed by atoms with Crippen LogP contribution in [0.2, 0.25) is 0 Å². The smallest absolute Gasteiger partial charge is 0.0994 e. The zero-order valence-corrected chi connectivity index (χ0v) is 8.23. The molecule has 0 fully saturated rings. The Bertz CT molecular complexity index is 508. The molecule has 0 unspecified atom stereocenters. The average Bonchev–Trinajstić information content (AvgIpc) is 2.25. The molecule has 1 aromatic carbocycles. The molecule has 0 atom stereocenters. The Morgan fingerprint density at radius 3 is 2.93 bits per heavy atom. The molecule has 0 aliphatic carbocycles. The Hall–Kier alpha value is -2.42. The van der Waals surface area contributed by atoms with Crippen LogP contribution in [0.5, 0.6) is 0 Å². The van der Waals surface area contributed by atoms with E-state index in [2.05, 4.69) is 27.9 Å². The molecule has 15 heavy (non-hydrogen) atoms. The van der Waals surface area contributed by atoms with E-state index < -0.39 is 0 Å². The molecule has 0 amide bonds. The number of azide groups is 1. The first-order valence-corrected chi connectivity index (χ1v) is 4.28. The fourth-order valence-corrected chi connectivity index (χ4v) is 1.08. The van der Waals surface area contributed by atoms with Gasteiger partial charge < -0.3 is 0 Å². The van der Waals surface area contributed by atoms with Crippen molar-refractivity contribution in [3.05, 3.63) is 45.3 Å². The number of hydrogen-bond donors (Lipinski definition) is 0. The van der Waals surface area contributed by atoms with Gasteiger partial charge in [-0.15, -0.1) is 0 Å². The van der Waals surface area contributed by atoms with Gasteiger partial charge in [0.1, 0.15) is 0 Å². The maximum absolute atomic E-state index is 8.71. The minimum atomic E-state index is 0.162. The van der Waals surface area contributed by atoms with Crippen molar-refractivity contribution < 1.29 is 0 Å². The molecule has 1 rings (SSSR count). The van der Waals surface area contributed by atoms with Crippen LogP contribution in [-0.2, 0) is 0 Å². The van der Waals surface area contributed by atoms with Crippen LogP contribution in [0.4, 0.5) is 0 Å². The van der Waals surface area contributed by atoms with Crippen LogP contribution in [0, 0.1) is 30.1 Å². The zero-order chi connectivity index (χ0) is 11.1. The number of aryl methyl sites for hydroxylation is 1. The molecular formula is C11H8N4. The lowest BCUT2D eigenvalue weighted by Crippen LogP contribution is -1.83. The highest BCUT2D eigenvalue weighted by molar-refractivity contribution is 5.45. The molecule has 0 bridgehead atoms. The number of rotatable bonds is 1. The number of hydrogen-bond acceptors (Lipinski definition) is 2. The van der Waals surface area contributed by atoms with E-state index in [1.54, 1.807) is 12.1 Å². The van der Waals surface area contributed by atoms with Gasteiger partial charge in [-0.2, -0.15) is 5.26 Å². The second-order valence-corrected chi connectivity index (χ2v) is 2.83. The zero-order valence-electron chi connectivity index (χ0n) is 8.23. The van der Waals surface area contributed by atoms with E-state index in [1.165, 1.54) is 0 Å². The van der Waals surface area contributed by atoms with Gasteiger partial charge in [-0.1, -0.05) is 17.0 Å². The van der Waals surface area contributed by atoms with Gasteiger partial charge in [0.15, 0.2) is 0 Å². The Morgan fingerprint density at radius 1 is 1.53 bits per heavy atom. The highest BCUT2D eigenvalue weighted by Crippen LogP contribution is 2.08. The first kappa shape index (κ1) is 10.7. The summed E-state index contributed by atoms with van der Waals surface area (Å²) in [5.74, 6) is 5.56. The molecule has 0 aliphatic heterocycles. The second kappa shape index (κ2) is 5.34. The van der Waals surface area contributed by atoms with Crippen molar-refractivity contribution in [1.82, 2.24) is 0 Å². The van der Waals surface area contributed by atoms with Gasteiger partial charge in [0.25, 0.3) is 0 Å². The molecule has 0 heterocycles. The Morgan fingerprint density at radius 2 is 2.33 bits per heavy atom. The van der Waals surface area contributed by atoms with Gasteiger partial charge >= 0.3 is 0 Å². The standard InChI is InChI=1S/C11H8N4/c1-9-7-10(3-2-6-14-15-13)4-5-11(9)8-12/h4-5,7H,6H2,1H3. The van der Waals surface area contributed by atoms with E-state index in [0.29, 0.717) is 5.56 Å². The highest BCUT2D eigenvalue weighted by Gasteiger charge is 1.96. The molecule has 72 valence electrons. The average molecular weight is 196 g/mol. The van der Waals surface area contributed by atoms with Crippen molar-refractivity contribution in [1.29, 1.82) is 5.26 Å². The fraction of sp³-hybridized carbons (Fsp3) is 0.182. The molecule has 0 aliphatic rings. The van der Waals surface area contributed by atoms with Gasteiger partial charge in [-0.3, -0.25) is 0 Å². The molecular weight excluding hydrogens is 188 g/mol. The Kier molecular flexibility index (Phi) is 3.79. The largest absolute Gasteiger partial charge is 0.192 e. The molecule has 4 heteroatoms. The third-order valence-corrected chi connectivity index (χ3v) is 1.79. The topological polar surface area (TPSA) is 72.6 Å². The first-order valence-electron chi connectivity index (χ1n) is 4.28. The van der Waals surface area contributed by atoms with Gasteiger partial charge in [-0.05, 0) is 36.2 Å². The second-order valence-electron chi connectivity index (χ2n) is 2.83. The van der Waals surface area contributed by atoms with Crippen molar-refractivity contribution >= 4 is 0 Å². The predicted octanol–water partition coefficient (Wildman–Crippen LogP) is 2.53. The summed E-state index contributed by atoms with van der Waals surface area (Å²) in [4.78, 5) is 2.59. The lowest BCUT2D eigenvalue weighted by atomic mass is 10.1. The minimum absolute atomic E-state index is 0.162. The van der Waals surface area contributed by atoms with Crippen LogP contribution in [0.1, 0.15) is 16.7 Å². The molecule has 1 aromatic rings. The first-order chi connectivity index (χ1) is 7.27. The monoisotopic (exact) mass is 196 g/mol. The van der Waals surface area contributed by atoms with E-state index in [4.69, 9.17) is 10.8 Å². The van der Waals surface area contributed by atoms with Crippen LogP contribution >= 0.6 is 0 Å². The summed E-state index contributed by atoms with van der Waals surface area (Å²) in [6.45, 7) is 2.02. The van der Waals surface area contributed by atoms with Gasteiger partial charge in [0.2, 0.25) is 0 Å². The summed E-state index contributed by atoms with van der Waals surface area (Å²) in [6.07, 6.45) is 0. The summed E-state index contributed by atoms with van der Waals surface area (Å²) >= 11 is 0. The molecule has 0 radical (unpaired) electrons. The van der Waals surface area contributed by atoms with Crippen LogP contribution in [0.3, 0.4) is 0 Å². The normalized spacial score (nSPS) is 8.00. The molecule has 0 spiro atoms. The lowest BCUT2D eigenvalue weighted by Gasteiger charge is -1.96. The predicted molar refractivity (Wildman–Crippen MR) is 56.8 cm³/mol. The van der Waals surface area contributed by atoms with E-state index >= 15 is 0 Å². The molecule has 0 saturated heterocycles. The molecule has 0 aromatic heterocycles. The molecule has 0 N–H and O–H groups in total. The van der Waals surface area contributed by atoms with Crippen molar-refractivity contribution in [3.63, 3.8) is 0 Å². The number of nitriles is 1. The maximum Gasteiger partial charge on any atom is 0.0994 e. The van der Waals surface area contributed by atoms with E-state index in [1.807, 2.05) is 13.0 Å². The fourth-order valence-electron chi connectivity index (χ4n) is 1.08. The van der Waals surface area contributed by atoms with E-state index in [9.17, 15) is 0 Å². The van der Waals surface area contributed by atoms with E-state index in [-0.39, 0.29) is 6.54 Å². The quantitative estimate of drug-likeness (QED) is 0.294. The summed E-state index contributed by atoms with van der Waals surface area (Å²) in [6, 6.07) is 7.42. The third-order valence-electron chi connectivity index (χ3n) is 1.79. The maximum atomic E-state index is 8.71. The Labute approximate surface area is 87.8 Å². The van der Waals surface area contributed by atoms with Crippen molar-refractivity contribution in [3.8, 4) is 17.9 Å². The van der Waals surface area contributed by atoms with Crippen LogP contribution in [0.25, 0.3) is 10.4 Å².